The van der Waals surface area contributed by atoms with Gasteiger partial charge in [0.1, 0.15) is 17.1 Å². The van der Waals surface area contributed by atoms with Crippen LogP contribution < -0.4 is 9.64 Å². The van der Waals surface area contributed by atoms with Gasteiger partial charge >= 0.3 is 0 Å². The molecule has 3 aliphatic rings. The molecule has 6 rings (SSSR count). The number of benzene rings is 1. The van der Waals surface area contributed by atoms with Crippen LogP contribution in [-0.4, -0.2) is 47.1 Å². The number of nitrogens with zero attached hydrogens (tertiary/aromatic N) is 3. The van der Waals surface area contributed by atoms with Gasteiger partial charge in [-0.1, -0.05) is 6.07 Å². The summed E-state index contributed by atoms with van der Waals surface area (Å²) >= 11 is 0. The van der Waals surface area contributed by atoms with Crippen molar-refractivity contribution >= 4 is 16.7 Å². The van der Waals surface area contributed by atoms with Gasteiger partial charge in [0, 0.05) is 42.5 Å². The lowest BCUT2D eigenvalue weighted by Gasteiger charge is -2.55. The van der Waals surface area contributed by atoms with Crippen molar-refractivity contribution in [1.29, 1.82) is 0 Å². The van der Waals surface area contributed by atoms with Crippen molar-refractivity contribution in [2.45, 2.75) is 51.5 Å². The molecule has 0 radical (unpaired) electrons. The molecule has 0 bridgehead atoms. The van der Waals surface area contributed by atoms with Crippen LogP contribution in [0.5, 0.6) is 11.5 Å². The number of fused-ring (bicyclic) bond motifs is 1. The Labute approximate surface area is 184 Å². The second kappa shape index (κ2) is 7.56. The summed E-state index contributed by atoms with van der Waals surface area (Å²) in [6.45, 7) is 7.11. The van der Waals surface area contributed by atoms with E-state index in [0.29, 0.717) is 5.41 Å². The van der Waals surface area contributed by atoms with Crippen LogP contribution in [0.1, 0.15) is 44.1 Å². The van der Waals surface area contributed by atoms with Crippen LogP contribution in [-0.2, 0) is 0 Å². The van der Waals surface area contributed by atoms with Crippen molar-refractivity contribution in [2.75, 3.05) is 31.1 Å². The van der Waals surface area contributed by atoms with E-state index in [1.807, 2.05) is 18.3 Å². The Morgan fingerprint density at radius 3 is 2.65 bits per heavy atom. The molecule has 3 aromatic rings. The van der Waals surface area contributed by atoms with Crippen molar-refractivity contribution in [1.82, 2.24) is 14.9 Å². The van der Waals surface area contributed by atoms with E-state index in [1.54, 1.807) is 6.20 Å². The molecule has 1 aliphatic carbocycles. The highest BCUT2D eigenvalue weighted by Gasteiger charge is 2.47. The van der Waals surface area contributed by atoms with Crippen LogP contribution in [0.2, 0.25) is 0 Å². The quantitative estimate of drug-likeness (QED) is 0.609. The summed E-state index contributed by atoms with van der Waals surface area (Å²) in [5, 5.41) is 1.07. The minimum Gasteiger partial charge on any atom is -0.455 e. The first-order valence-electron chi connectivity index (χ1n) is 11.9. The van der Waals surface area contributed by atoms with Gasteiger partial charge in [-0.3, -0.25) is 0 Å². The maximum atomic E-state index is 6.25. The van der Waals surface area contributed by atoms with Crippen molar-refractivity contribution in [3.63, 3.8) is 0 Å². The molecule has 2 aromatic heterocycles. The van der Waals surface area contributed by atoms with E-state index in [2.05, 4.69) is 44.9 Å². The Morgan fingerprint density at radius 2 is 1.84 bits per heavy atom. The molecular weight excluding hydrogens is 384 g/mol. The molecular formula is C26H32N4O. The predicted octanol–water partition coefficient (Wildman–Crippen LogP) is 5.51. The molecule has 2 aliphatic heterocycles. The summed E-state index contributed by atoms with van der Waals surface area (Å²) in [4.78, 5) is 12.9. The first kappa shape index (κ1) is 19.2. The Balaban J connectivity index is 1.12. The molecule has 1 spiro atoms. The van der Waals surface area contributed by atoms with Crippen LogP contribution in [0, 0.1) is 12.3 Å². The SMILES string of the molecule is Cc1ccc(N2CCC3(CC2)CC(N2CCCC2)C3)cc1Oc1cnc2[nH]ccc2c1. The average molecular weight is 417 g/mol. The Kier molecular flexibility index (Phi) is 4.67. The van der Waals surface area contributed by atoms with Crippen LogP contribution in [0.25, 0.3) is 11.0 Å². The predicted molar refractivity (Wildman–Crippen MR) is 125 cm³/mol. The fraction of sp³-hybridized carbons (Fsp3) is 0.500. The first-order valence-corrected chi connectivity index (χ1v) is 11.9. The number of aromatic nitrogens is 2. The number of ether oxygens (including phenoxy) is 1. The number of hydrogen-bond acceptors (Lipinski definition) is 4. The highest BCUT2D eigenvalue weighted by Crippen LogP contribution is 2.52. The minimum atomic E-state index is 0.616. The number of hydrogen-bond donors (Lipinski definition) is 1. The summed E-state index contributed by atoms with van der Waals surface area (Å²) in [5.74, 6) is 1.71. The van der Waals surface area contributed by atoms with Gasteiger partial charge in [0.15, 0.2) is 0 Å². The summed E-state index contributed by atoms with van der Waals surface area (Å²) in [7, 11) is 0. The molecule has 0 unspecified atom stereocenters. The van der Waals surface area contributed by atoms with E-state index in [9.17, 15) is 0 Å². The molecule has 0 amide bonds. The smallest absolute Gasteiger partial charge is 0.146 e. The zero-order valence-corrected chi connectivity index (χ0v) is 18.4. The number of aromatic amines is 1. The summed E-state index contributed by atoms with van der Waals surface area (Å²) in [6.07, 6.45) is 12.0. The van der Waals surface area contributed by atoms with E-state index in [1.165, 1.54) is 57.3 Å². The van der Waals surface area contributed by atoms with Gasteiger partial charge < -0.3 is 19.5 Å². The summed E-state index contributed by atoms with van der Waals surface area (Å²) in [5.41, 5.74) is 3.94. The third-order valence-corrected chi connectivity index (χ3v) is 7.96. The molecule has 1 N–H and O–H groups in total. The van der Waals surface area contributed by atoms with Crippen molar-refractivity contribution in [3.8, 4) is 11.5 Å². The van der Waals surface area contributed by atoms with Gasteiger partial charge in [-0.2, -0.15) is 0 Å². The largest absolute Gasteiger partial charge is 0.455 e. The normalized spacial score (nSPS) is 21.6. The Hall–Kier alpha value is -2.53. The highest BCUT2D eigenvalue weighted by molar-refractivity contribution is 5.76. The lowest BCUT2D eigenvalue weighted by Crippen LogP contribution is -2.54. The van der Waals surface area contributed by atoms with Gasteiger partial charge in [0.05, 0.1) is 6.20 Å². The number of piperidine rings is 1. The van der Waals surface area contributed by atoms with Crippen molar-refractivity contribution in [3.05, 3.63) is 48.3 Å². The van der Waals surface area contributed by atoms with Gasteiger partial charge in [-0.15, -0.1) is 0 Å². The van der Waals surface area contributed by atoms with Gasteiger partial charge in [-0.05, 0) is 87.7 Å². The minimum absolute atomic E-state index is 0.616. The number of H-pyrrole nitrogens is 1. The zero-order valence-electron chi connectivity index (χ0n) is 18.4. The Morgan fingerprint density at radius 1 is 1.03 bits per heavy atom. The number of nitrogens with one attached hydrogen (secondary N) is 1. The molecule has 31 heavy (non-hydrogen) atoms. The highest BCUT2D eigenvalue weighted by atomic mass is 16.5. The number of pyridine rings is 1. The fourth-order valence-corrected chi connectivity index (χ4v) is 5.95. The van der Waals surface area contributed by atoms with E-state index >= 15 is 0 Å². The number of likely N-dealkylation sites (tertiary alicyclic amines) is 1. The number of anilines is 1. The van der Waals surface area contributed by atoms with Crippen LogP contribution in [0.4, 0.5) is 5.69 Å². The summed E-state index contributed by atoms with van der Waals surface area (Å²) in [6, 6.07) is 11.6. The maximum Gasteiger partial charge on any atom is 0.146 e. The van der Waals surface area contributed by atoms with Gasteiger partial charge in [-0.25, -0.2) is 4.98 Å². The van der Waals surface area contributed by atoms with Crippen LogP contribution >= 0.6 is 0 Å². The molecule has 5 nitrogen and oxygen atoms in total. The van der Waals surface area contributed by atoms with E-state index in [0.717, 1.165) is 47.2 Å². The first-order chi connectivity index (χ1) is 15.2. The molecule has 4 heterocycles. The van der Waals surface area contributed by atoms with E-state index in [4.69, 9.17) is 4.74 Å². The zero-order chi connectivity index (χ0) is 20.8. The van der Waals surface area contributed by atoms with Gasteiger partial charge in [0.25, 0.3) is 0 Å². The number of rotatable bonds is 4. The fourth-order valence-electron chi connectivity index (χ4n) is 5.95. The maximum absolute atomic E-state index is 6.25. The molecule has 1 saturated carbocycles. The van der Waals surface area contributed by atoms with Crippen LogP contribution in [0.15, 0.2) is 42.7 Å². The Bertz CT molecular complexity index is 1070. The average Bonchev–Trinajstić information content (AvgIpc) is 3.45. The molecule has 5 heteroatoms. The second-order valence-electron chi connectivity index (χ2n) is 9.93. The lowest BCUT2D eigenvalue weighted by atomic mass is 9.60. The molecule has 162 valence electrons. The van der Waals surface area contributed by atoms with Crippen molar-refractivity contribution in [2.24, 2.45) is 5.41 Å². The lowest BCUT2D eigenvalue weighted by molar-refractivity contribution is -0.00645. The third-order valence-electron chi connectivity index (χ3n) is 7.96. The molecule has 3 fully saturated rings. The van der Waals surface area contributed by atoms with E-state index in [-0.39, 0.29) is 0 Å². The third kappa shape index (κ3) is 3.59. The van der Waals surface area contributed by atoms with Crippen LogP contribution in [0.3, 0.4) is 0 Å². The number of aryl methyl sites for hydroxylation is 1. The second-order valence-corrected chi connectivity index (χ2v) is 9.93. The summed E-state index contributed by atoms with van der Waals surface area (Å²) < 4.78 is 6.25. The monoisotopic (exact) mass is 416 g/mol. The van der Waals surface area contributed by atoms with Gasteiger partial charge in [0.2, 0.25) is 0 Å². The molecule has 0 atom stereocenters. The standard InChI is InChI=1S/C26H32N4O/c1-19-4-5-21(15-24(19)31-23-14-20-6-9-27-25(20)28-18-23)30-12-7-26(8-13-30)16-22(17-26)29-10-2-3-11-29/h4-6,9,14-15,18,22H,2-3,7-8,10-13,16-17H2,1H3,(H,27,28). The molecule has 1 aromatic carbocycles. The molecule has 2 saturated heterocycles. The van der Waals surface area contributed by atoms with Crippen molar-refractivity contribution < 1.29 is 4.74 Å². The topological polar surface area (TPSA) is 44.4 Å². The van der Waals surface area contributed by atoms with E-state index < -0.39 is 0 Å².